The van der Waals surface area contributed by atoms with Gasteiger partial charge in [-0.1, -0.05) is 24.8 Å². The molecule has 7 nitrogen and oxygen atoms in total. The number of hydrogen-bond donors (Lipinski definition) is 1. The van der Waals surface area contributed by atoms with Crippen molar-refractivity contribution in [3.05, 3.63) is 77.3 Å². The fourth-order valence-corrected chi connectivity index (χ4v) is 7.22. The van der Waals surface area contributed by atoms with Crippen molar-refractivity contribution < 1.29 is 22.7 Å². The second-order valence-corrected chi connectivity index (χ2v) is 12.0. The third-order valence-electron chi connectivity index (χ3n) is 6.43. The quantitative estimate of drug-likeness (QED) is 0.427. The molecule has 1 aliphatic heterocycles. The number of carbonyl (C=O) groups is 1. The number of nitrogens with zero attached hydrogens (tertiary/aromatic N) is 1. The van der Waals surface area contributed by atoms with E-state index in [1.807, 2.05) is 37.3 Å². The maximum Gasteiger partial charge on any atom is 0.283 e. The number of nitrogens with one attached hydrogen (secondary N) is 1. The van der Waals surface area contributed by atoms with Crippen molar-refractivity contribution >= 4 is 37.7 Å². The van der Waals surface area contributed by atoms with Gasteiger partial charge in [-0.2, -0.15) is 0 Å². The fourth-order valence-electron chi connectivity index (χ4n) is 4.40. The minimum Gasteiger partial charge on any atom is -0.489 e. The summed E-state index contributed by atoms with van der Waals surface area (Å²) in [6.07, 6.45) is 0.991. The monoisotopic (exact) mass is 526 g/mol. The first-order valence-electron chi connectivity index (χ1n) is 11.7. The van der Waals surface area contributed by atoms with Crippen molar-refractivity contribution in [2.75, 3.05) is 26.0 Å². The van der Waals surface area contributed by atoms with E-state index in [1.165, 1.54) is 7.05 Å². The van der Waals surface area contributed by atoms with Gasteiger partial charge in [0.25, 0.3) is 5.24 Å². The lowest BCUT2D eigenvalue weighted by molar-refractivity contribution is 0.0449. The predicted molar refractivity (Wildman–Crippen MR) is 143 cm³/mol. The summed E-state index contributed by atoms with van der Waals surface area (Å²) in [6, 6.07) is 16.4. The van der Waals surface area contributed by atoms with Crippen LogP contribution in [0, 0.1) is 12.3 Å². The molecule has 36 heavy (non-hydrogen) atoms. The predicted octanol–water partition coefficient (Wildman–Crippen LogP) is 5.28. The smallest absolute Gasteiger partial charge is 0.283 e. The summed E-state index contributed by atoms with van der Waals surface area (Å²) in [4.78, 5) is 17.2. The average molecular weight is 527 g/mol. The van der Waals surface area contributed by atoms with Crippen LogP contribution in [-0.4, -0.2) is 44.7 Å². The number of carbonyl (C=O) groups excluding carboxylic acids is 1. The highest BCUT2D eigenvalue weighted by atomic mass is 32.2. The van der Waals surface area contributed by atoms with Crippen molar-refractivity contribution in [3.8, 4) is 5.75 Å². The van der Waals surface area contributed by atoms with Gasteiger partial charge >= 0.3 is 0 Å². The molecule has 1 aliphatic rings. The molecule has 1 fully saturated rings. The number of fused-ring (bicyclic) bond motifs is 1. The van der Waals surface area contributed by atoms with Crippen LogP contribution in [0.1, 0.15) is 24.1 Å². The Morgan fingerprint density at radius 2 is 1.86 bits per heavy atom. The van der Waals surface area contributed by atoms with Gasteiger partial charge in [0.1, 0.15) is 12.4 Å². The lowest BCUT2D eigenvalue weighted by atomic mass is 9.82. The summed E-state index contributed by atoms with van der Waals surface area (Å²) >= 11 is 0.961. The highest BCUT2D eigenvalue weighted by molar-refractivity contribution is 8.16. The minimum atomic E-state index is -3.65. The van der Waals surface area contributed by atoms with Gasteiger partial charge < -0.3 is 14.8 Å². The molecule has 1 saturated heterocycles. The number of amides is 1. The number of aryl methyl sites for hydroxylation is 1. The van der Waals surface area contributed by atoms with Crippen LogP contribution in [0.15, 0.2) is 71.0 Å². The van der Waals surface area contributed by atoms with Gasteiger partial charge in [-0.25, -0.2) is 8.42 Å². The Morgan fingerprint density at radius 1 is 1.17 bits per heavy atom. The van der Waals surface area contributed by atoms with Gasteiger partial charge in [0.2, 0.25) is 0 Å². The van der Waals surface area contributed by atoms with E-state index in [4.69, 9.17) is 9.47 Å². The first-order chi connectivity index (χ1) is 17.2. The molecule has 0 bridgehead atoms. The largest absolute Gasteiger partial charge is 0.489 e. The highest BCUT2D eigenvalue weighted by Crippen LogP contribution is 2.45. The SMILES string of the molecule is C=C(SC(=O)NC)C1(CS(=O)(=O)c2ccc(OCc3cc(C)nc4ccccc34)cc2)CCOCC1. The molecule has 1 aromatic heterocycles. The number of allylic oxidation sites excluding steroid dienone is 1. The Balaban J connectivity index is 1.49. The van der Waals surface area contributed by atoms with Crippen LogP contribution < -0.4 is 10.1 Å². The van der Waals surface area contributed by atoms with Gasteiger partial charge in [-0.15, -0.1) is 0 Å². The van der Waals surface area contributed by atoms with Gasteiger partial charge in [0, 0.05) is 42.3 Å². The Labute approximate surface area is 216 Å². The summed E-state index contributed by atoms with van der Waals surface area (Å²) in [5.41, 5.74) is 2.11. The van der Waals surface area contributed by atoms with E-state index in [1.54, 1.807) is 24.3 Å². The van der Waals surface area contributed by atoms with Gasteiger partial charge in [0.15, 0.2) is 9.84 Å². The molecule has 2 heterocycles. The van der Waals surface area contributed by atoms with E-state index in [0.717, 1.165) is 33.9 Å². The molecule has 0 unspecified atom stereocenters. The number of para-hydroxylation sites is 1. The van der Waals surface area contributed by atoms with E-state index in [2.05, 4.69) is 16.9 Å². The number of aromatic nitrogens is 1. The molecular weight excluding hydrogens is 496 g/mol. The summed E-state index contributed by atoms with van der Waals surface area (Å²) in [6.45, 7) is 7.22. The Bertz CT molecular complexity index is 1360. The van der Waals surface area contributed by atoms with Crippen LogP contribution in [0.5, 0.6) is 5.75 Å². The van der Waals surface area contributed by atoms with Gasteiger partial charge in [-0.05, 0) is 72.8 Å². The van der Waals surface area contributed by atoms with E-state index in [9.17, 15) is 13.2 Å². The molecule has 2 aromatic carbocycles. The van der Waals surface area contributed by atoms with Crippen molar-refractivity contribution in [1.82, 2.24) is 10.3 Å². The standard InChI is InChI=1S/C27H30N2O5S2/c1-19-16-21(24-6-4-5-7-25(24)29-19)17-34-22-8-10-23(11-9-22)36(31,32)18-27(12-14-33-15-13-27)20(2)35-26(30)28-3/h4-11,16H,2,12-15,17-18H2,1,3H3,(H,28,30). The number of hydrogen-bond acceptors (Lipinski definition) is 7. The number of sulfone groups is 1. The van der Waals surface area contributed by atoms with E-state index in [0.29, 0.717) is 43.3 Å². The molecule has 0 aliphatic carbocycles. The molecule has 0 radical (unpaired) electrons. The van der Waals surface area contributed by atoms with Crippen LogP contribution in [0.3, 0.4) is 0 Å². The zero-order chi connectivity index (χ0) is 25.8. The topological polar surface area (TPSA) is 94.6 Å². The molecule has 0 spiro atoms. The molecule has 0 saturated carbocycles. The summed E-state index contributed by atoms with van der Waals surface area (Å²) in [5.74, 6) is 0.446. The lowest BCUT2D eigenvalue weighted by Crippen LogP contribution is -2.37. The van der Waals surface area contributed by atoms with Crippen LogP contribution in [-0.2, 0) is 21.2 Å². The zero-order valence-corrected chi connectivity index (χ0v) is 22.1. The first kappa shape index (κ1) is 26.2. The van der Waals surface area contributed by atoms with Gasteiger partial charge in [-0.3, -0.25) is 9.78 Å². The molecular formula is C27H30N2O5S2. The number of pyridine rings is 1. The van der Waals surface area contributed by atoms with Crippen molar-refractivity contribution in [1.29, 1.82) is 0 Å². The van der Waals surface area contributed by atoms with E-state index >= 15 is 0 Å². The molecule has 0 atom stereocenters. The normalized spacial score (nSPS) is 15.4. The molecule has 1 amide bonds. The average Bonchev–Trinajstić information content (AvgIpc) is 2.87. The highest BCUT2D eigenvalue weighted by Gasteiger charge is 2.41. The van der Waals surface area contributed by atoms with Crippen LogP contribution in [0.2, 0.25) is 0 Å². The minimum absolute atomic E-state index is 0.130. The maximum atomic E-state index is 13.4. The van der Waals surface area contributed by atoms with E-state index in [-0.39, 0.29) is 15.9 Å². The third-order valence-corrected chi connectivity index (χ3v) is 9.43. The van der Waals surface area contributed by atoms with Crippen LogP contribution in [0.25, 0.3) is 10.9 Å². The molecule has 190 valence electrons. The molecule has 1 N–H and O–H groups in total. The maximum absolute atomic E-state index is 13.4. The van der Waals surface area contributed by atoms with Crippen molar-refractivity contribution in [2.24, 2.45) is 5.41 Å². The Hall–Kier alpha value is -2.88. The summed E-state index contributed by atoms with van der Waals surface area (Å²) in [5, 5.41) is 3.32. The van der Waals surface area contributed by atoms with Crippen molar-refractivity contribution in [2.45, 2.75) is 31.3 Å². The van der Waals surface area contributed by atoms with Crippen LogP contribution >= 0.6 is 11.8 Å². The number of ether oxygens (including phenoxy) is 2. The Morgan fingerprint density at radius 3 is 2.56 bits per heavy atom. The van der Waals surface area contributed by atoms with Crippen LogP contribution in [0.4, 0.5) is 4.79 Å². The first-order valence-corrected chi connectivity index (χ1v) is 14.2. The summed E-state index contributed by atoms with van der Waals surface area (Å²) in [7, 11) is -2.11. The zero-order valence-electron chi connectivity index (χ0n) is 20.5. The molecule has 4 rings (SSSR count). The lowest BCUT2D eigenvalue weighted by Gasteiger charge is -2.38. The number of rotatable bonds is 8. The third kappa shape index (κ3) is 5.91. The fraction of sp³-hybridized carbons (Fsp3) is 0.333. The van der Waals surface area contributed by atoms with Gasteiger partial charge in [0.05, 0.1) is 16.2 Å². The van der Waals surface area contributed by atoms with E-state index < -0.39 is 15.3 Å². The Kier molecular flexibility index (Phi) is 8.02. The second kappa shape index (κ2) is 11.0. The second-order valence-electron chi connectivity index (χ2n) is 8.91. The van der Waals surface area contributed by atoms with Crippen molar-refractivity contribution in [3.63, 3.8) is 0 Å². The number of thioether (sulfide) groups is 1. The molecule has 9 heteroatoms. The molecule has 3 aromatic rings. The summed E-state index contributed by atoms with van der Waals surface area (Å²) < 4.78 is 38.3. The number of benzene rings is 2.